The van der Waals surface area contributed by atoms with Gasteiger partial charge in [0.15, 0.2) is 0 Å². The van der Waals surface area contributed by atoms with Crippen LogP contribution in [0.3, 0.4) is 0 Å². The number of hydrogen-bond donors (Lipinski definition) is 1. The van der Waals surface area contributed by atoms with E-state index in [-0.39, 0.29) is 0 Å². The molecule has 2 heterocycles. The summed E-state index contributed by atoms with van der Waals surface area (Å²) >= 11 is 0. The summed E-state index contributed by atoms with van der Waals surface area (Å²) in [6.07, 6.45) is 2.33. The minimum Gasteiger partial charge on any atom is -0.381 e. The van der Waals surface area contributed by atoms with Gasteiger partial charge in [-0.3, -0.25) is 0 Å². The molecule has 1 fully saturated rings. The fourth-order valence-corrected chi connectivity index (χ4v) is 2.13. The van der Waals surface area contributed by atoms with E-state index in [1.807, 2.05) is 6.92 Å². The van der Waals surface area contributed by atoms with Crippen LogP contribution in [0.4, 0.5) is 5.82 Å². The Bertz CT molecular complexity index is 326. The summed E-state index contributed by atoms with van der Waals surface area (Å²) in [4.78, 5) is 4.48. The Hall–Kier alpha value is -1.09. The Kier molecular flexibility index (Phi) is 3.78. The van der Waals surface area contributed by atoms with Crippen LogP contribution in [-0.2, 0) is 4.74 Å². The molecule has 1 aliphatic rings. The van der Waals surface area contributed by atoms with E-state index < -0.39 is 0 Å². The molecule has 0 aromatic carbocycles. The van der Waals surface area contributed by atoms with Crippen LogP contribution in [0.2, 0.25) is 0 Å². The summed E-state index contributed by atoms with van der Waals surface area (Å²) in [5.74, 6) is 1.74. The third-order valence-electron chi connectivity index (χ3n) is 3.01. The molecule has 0 radical (unpaired) electrons. The minimum atomic E-state index is 0.733. The zero-order valence-electron chi connectivity index (χ0n) is 10.1. The molecule has 0 bridgehead atoms. The zero-order valence-corrected chi connectivity index (χ0v) is 10.1. The molecule has 1 N–H and O–H groups in total. The third-order valence-corrected chi connectivity index (χ3v) is 3.01. The highest BCUT2D eigenvalue weighted by Gasteiger charge is 2.13. The van der Waals surface area contributed by atoms with E-state index in [9.17, 15) is 0 Å². The lowest BCUT2D eigenvalue weighted by atomic mass is 10.0. The number of nitrogens with one attached hydrogen (secondary N) is 1. The molecule has 0 saturated carbocycles. The maximum Gasteiger partial charge on any atom is 0.126 e. The zero-order chi connectivity index (χ0) is 11.4. The van der Waals surface area contributed by atoms with Gasteiger partial charge in [-0.25, -0.2) is 4.98 Å². The maximum absolute atomic E-state index is 5.35. The van der Waals surface area contributed by atoms with E-state index in [1.54, 1.807) is 0 Å². The number of nitrogens with zero attached hydrogens (tertiary/aromatic N) is 1. The van der Waals surface area contributed by atoms with Gasteiger partial charge in [0.05, 0.1) is 0 Å². The molecule has 1 aromatic heterocycles. The average molecular weight is 220 g/mol. The van der Waals surface area contributed by atoms with E-state index in [2.05, 4.69) is 29.4 Å². The highest BCUT2D eigenvalue weighted by molar-refractivity contribution is 5.39. The molecular weight excluding hydrogens is 200 g/mol. The third kappa shape index (κ3) is 3.20. The number of hydrogen-bond acceptors (Lipinski definition) is 3. The van der Waals surface area contributed by atoms with Crippen LogP contribution in [0.25, 0.3) is 0 Å². The summed E-state index contributed by atoms with van der Waals surface area (Å²) < 4.78 is 5.35. The van der Waals surface area contributed by atoms with Gasteiger partial charge >= 0.3 is 0 Å². The van der Waals surface area contributed by atoms with Crippen molar-refractivity contribution in [2.24, 2.45) is 5.92 Å². The SMILES string of the molecule is Cc1cc(C)nc(NCC2CCOCC2)c1. The Morgan fingerprint density at radius 3 is 2.75 bits per heavy atom. The van der Waals surface area contributed by atoms with Crippen molar-refractivity contribution in [3.63, 3.8) is 0 Å². The molecule has 0 unspecified atom stereocenters. The van der Waals surface area contributed by atoms with Crippen molar-refractivity contribution < 1.29 is 4.74 Å². The van der Waals surface area contributed by atoms with Crippen LogP contribution >= 0.6 is 0 Å². The Morgan fingerprint density at radius 1 is 1.31 bits per heavy atom. The van der Waals surface area contributed by atoms with Crippen molar-refractivity contribution in [1.29, 1.82) is 0 Å². The van der Waals surface area contributed by atoms with Crippen molar-refractivity contribution in [2.45, 2.75) is 26.7 Å². The van der Waals surface area contributed by atoms with Crippen molar-refractivity contribution in [2.75, 3.05) is 25.1 Å². The molecule has 16 heavy (non-hydrogen) atoms. The van der Waals surface area contributed by atoms with E-state index in [0.29, 0.717) is 0 Å². The normalized spacial score (nSPS) is 17.4. The van der Waals surface area contributed by atoms with Crippen molar-refractivity contribution in [3.05, 3.63) is 23.4 Å². The second kappa shape index (κ2) is 5.30. The fraction of sp³-hybridized carbons (Fsp3) is 0.615. The van der Waals surface area contributed by atoms with Gasteiger partial charge in [-0.15, -0.1) is 0 Å². The van der Waals surface area contributed by atoms with Crippen LogP contribution in [-0.4, -0.2) is 24.7 Å². The van der Waals surface area contributed by atoms with Gasteiger partial charge in [0.1, 0.15) is 5.82 Å². The number of ether oxygens (including phenoxy) is 1. The summed E-state index contributed by atoms with van der Waals surface area (Å²) in [5.41, 5.74) is 2.34. The predicted molar refractivity (Wildman–Crippen MR) is 65.7 cm³/mol. The van der Waals surface area contributed by atoms with Gasteiger partial charge in [-0.1, -0.05) is 0 Å². The number of aryl methyl sites for hydroxylation is 2. The summed E-state index contributed by atoms with van der Waals surface area (Å²) in [6.45, 7) is 6.97. The molecule has 1 aromatic rings. The Labute approximate surface area is 97.2 Å². The van der Waals surface area contributed by atoms with E-state index in [4.69, 9.17) is 4.74 Å². The molecule has 0 atom stereocenters. The van der Waals surface area contributed by atoms with Gasteiger partial charge in [-0.05, 0) is 50.3 Å². The van der Waals surface area contributed by atoms with Gasteiger partial charge < -0.3 is 10.1 Å². The number of anilines is 1. The molecule has 0 aliphatic carbocycles. The number of rotatable bonds is 3. The largest absolute Gasteiger partial charge is 0.381 e. The van der Waals surface area contributed by atoms with Gasteiger partial charge in [0.2, 0.25) is 0 Å². The first kappa shape index (κ1) is 11.4. The first-order valence-corrected chi connectivity index (χ1v) is 6.01. The van der Waals surface area contributed by atoms with Gasteiger partial charge in [0.25, 0.3) is 0 Å². The second-order valence-corrected chi connectivity index (χ2v) is 4.61. The molecule has 1 aliphatic heterocycles. The number of aromatic nitrogens is 1. The van der Waals surface area contributed by atoms with Crippen LogP contribution in [0.5, 0.6) is 0 Å². The molecular formula is C13H20N2O. The van der Waals surface area contributed by atoms with E-state index >= 15 is 0 Å². The molecule has 0 spiro atoms. The predicted octanol–water partition coefficient (Wildman–Crippen LogP) is 2.54. The van der Waals surface area contributed by atoms with Crippen LogP contribution in [0.15, 0.2) is 12.1 Å². The van der Waals surface area contributed by atoms with Crippen LogP contribution in [0, 0.1) is 19.8 Å². The molecule has 3 heteroatoms. The van der Waals surface area contributed by atoms with E-state index in [0.717, 1.165) is 50.0 Å². The van der Waals surface area contributed by atoms with Gasteiger partial charge in [-0.2, -0.15) is 0 Å². The molecule has 88 valence electrons. The smallest absolute Gasteiger partial charge is 0.126 e. The van der Waals surface area contributed by atoms with Crippen molar-refractivity contribution in [3.8, 4) is 0 Å². The summed E-state index contributed by atoms with van der Waals surface area (Å²) in [7, 11) is 0. The Balaban J connectivity index is 1.88. The summed E-state index contributed by atoms with van der Waals surface area (Å²) in [6, 6.07) is 4.20. The minimum absolute atomic E-state index is 0.733. The molecule has 3 nitrogen and oxygen atoms in total. The lowest BCUT2D eigenvalue weighted by Gasteiger charge is -2.22. The van der Waals surface area contributed by atoms with Gasteiger partial charge in [0, 0.05) is 25.5 Å². The topological polar surface area (TPSA) is 34.2 Å². The highest BCUT2D eigenvalue weighted by Crippen LogP contribution is 2.16. The second-order valence-electron chi connectivity index (χ2n) is 4.61. The molecule has 2 rings (SSSR count). The van der Waals surface area contributed by atoms with Crippen LogP contribution in [0.1, 0.15) is 24.1 Å². The maximum atomic E-state index is 5.35. The fourth-order valence-electron chi connectivity index (χ4n) is 2.13. The monoisotopic (exact) mass is 220 g/mol. The highest BCUT2D eigenvalue weighted by atomic mass is 16.5. The molecule has 1 saturated heterocycles. The summed E-state index contributed by atoms with van der Waals surface area (Å²) in [5, 5.41) is 3.43. The standard InChI is InChI=1S/C13H20N2O/c1-10-7-11(2)15-13(8-10)14-9-12-3-5-16-6-4-12/h7-8,12H,3-6,9H2,1-2H3,(H,14,15). The van der Waals surface area contributed by atoms with Crippen LogP contribution < -0.4 is 5.32 Å². The van der Waals surface area contributed by atoms with Crippen molar-refractivity contribution >= 4 is 5.82 Å². The lowest BCUT2D eigenvalue weighted by Crippen LogP contribution is -2.23. The number of pyridine rings is 1. The average Bonchev–Trinajstić information content (AvgIpc) is 2.27. The van der Waals surface area contributed by atoms with Crippen molar-refractivity contribution in [1.82, 2.24) is 4.98 Å². The quantitative estimate of drug-likeness (QED) is 0.850. The lowest BCUT2D eigenvalue weighted by molar-refractivity contribution is 0.0699. The molecule has 0 amide bonds. The van der Waals surface area contributed by atoms with E-state index in [1.165, 1.54) is 5.56 Å². The Morgan fingerprint density at radius 2 is 2.06 bits per heavy atom. The first-order chi connectivity index (χ1) is 7.74. The first-order valence-electron chi connectivity index (χ1n) is 6.01.